The van der Waals surface area contributed by atoms with Gasteiger partial charge in [0.05, 0.1) is 11.9 Å². The van der Waals surface area contributed by atoms with Crippen LogP contribution in [0.2, 0.25) is 0 Å². The average Bonchev–Trinajstić information content (AvgIpc) is 3.06. The van der Waals surface area contributed by atoms with Crippen molar-refractivity contribution in [3.8, 4) is 5.75 Å². The van der Waals surface area contributed by atoms with E-state index in [0.29, 0.717) is 16.9 Å². The van der Waals surface area contributed by atoms with E-state index >= 15 is 0 Å². The number of benzene rings is 2. The number of Topliss-reactive ketones (excluding diaryl/α,β-unsaturated/α-hetero) is 1. The molecule has 0 spiro atoms. The molecule has 0 aromatic heterocycles. The summed E-state index contributed by atoms with van der Waals surface area (Å²) in [5, 5.41) is 13.7. The largest absolute Gasteiger partial charge is 0.508 e. The van der Waals surface area contributed by atoms with Crippen LogP contribution >= 0.6 is 0 Å². The Labute approximate surface area is 138 Å². The first kappa shape index (κ1) is 15.6. The van der Waals surface area contributed by atoms with Crippen molar-refractivity contribution < 1.29 is 14.7 Å². The van der Waals surface area contributed by atoms with Crippen LogP contribution in [0.4, 0.5) is 11.4 Å². The van der Waals surface area contributed by atoms with Crippen molar-refractivity contribution in [1.82, 2.24) is 11.0 Å². The Hall–Kier alpha value is -3.32. The highest BCUT2D eigenvalue weighted by molar-refractivity contribution is 6.04. The zero-order chi connectivity index (χ0) is 17.1. The molecule has 3 rings (SSSR count). The van der Waals surface area contributed by atoms with Gasteiger partial charge >= 0.3 is 0 Å². The first-order valence-electron chi connectivity index (χ1n) is 7.27. The van der Waals surface area contributed by atoms with Gasteiger partial charge in [-0.25, -0.2) is 0 Å². The number of amides is 1. The van der Waals surface area contributed by atoms with Gasteiger partial charge in [-0.3, -0.25) is 20.0 Å². The van der Waals surface area contributed by atoms with Crippen molar-refractivity contribution in [1.29, 1.82) is 0 Å². The fourth-order valence-electron chi connectivity index (χ4n) is 2.15. The van der Waals surface area contributed by atoms with Gasteiger partial charge in [0.25, 0.3) is 5.91 Å². The Bertz CT molecular complexity index is 798. The number of phenols is 1. The van der Waals surface area contributed by atoms with Crippen molar-refractivity contribution in [2.24, 2.45) is 0 Å². The van der Waals surface area contributed by atoms with E-state index in [1.807, 2.05) is 0 Å². The minimum Gasteiger partial charge on any atom is -0.508 e. The summed E-state index contributed by atoms with van der Waals surface area (Å²) in [6, 6.07) is 13.1. The summed E-state index contributed by atoms with van der Waals surface area (Å²) in [5.74, 6) is -0.217. The van der Waals surface area contributed by atoms with Crippen LogP contribution in [0.5, 0.6) is 5.75 Å². The van der Waals surface area contributed by atoms with Gasteiger partial charge in [0.15, 0.2) is 5.78 Å². The summed E-state index contributed by atoms with van der Waals surface area (Å²) in [5.41, 5.74) is 8.00. The molecule has 0 saturated carbocycles. The van der Waals surface area contributed by atoms with E-state index < -0.39 is 0 Å². The molecule has 1 aliphatic heterocycles. The van der Waals surface area contributed by atoms with Gasteiger partial charge in [-0.2, -0.15) is 0 Å². The third kappa shape index (κ3) is 3.36. The van der Waals surface area contributed by atoms with Crippen molar-refractivity contribution >= 4 is 23.1 Å². The molecule has 1 amide bonds. The number of ketones is 1. The predicted molar refractivity (Wildman–Crippen MR) is 90.0 cm³/mol. The van der Waals surface area contributed by atoms with Gasteiger partial charge in [-0.15, -0.1) is 5.53 Å². The van der Waals surface area contributed by atoms with Crippen molar-refractivity contribution in [2.75, 3.05) is 10.3 Å². The third-order valence-corrected chi connectivity index (χ3v) is 3.48. The van der Waals surface area contributed by atoms with Crippen LogP contribution in [-0.4, -0.2) is 16.8 Å². The number of nitrogens with zero attached hydrogens (tertiary/aromatic N) is 1. The molecule has 0 fully saturated rings. The predicted octanol–water partition coefficient (Wildman–Crippen LogP) is 1.90. The number of hydrogen-bond donors (Lipinski definition) is 4. The minimum atomic E-state index is -0.262. The summed E-state index contributed by atoms with van der Waals surface area (Å²) < 4.78 is 0. The van der Waals surface area contributed by atoms with Crippen LogP contribution < -0.4 is 21.3 Å². The van der Waals surface area contributed by atoms with Crippen LogP contribution in [0.25, 0.3) is 0 Å². The molecule has 0 bridgehead atoms. The molecule has 24 heavy (non-hydrogen) atoms. The monoisotopic (exact) mass is 324 g/mol. The zero-order valence-corrected chi connectivity index (χ0v) is 12.9. The Kier molecular flexibility index (Phi) is 4.17. The summed E-state index contributed by atoms with van der Waals surface area (Å²) in [6.45, 7) is 1.48. The number of nitrogens with one attached hydrogen (secondary N) is 3. The lowest BCUT2D eigenvalue weighted by molar-refractivity contribution is -0.113. The average molecular weight is 324 g/mol. The maximum absolute atomic E-state index is 12.1. The van der Waals surface area contributed by atoms with Crippen LogP contribution in [0, 0.1) is 0 Å². The summed E-state index contributed by atoms with van der Waals surface area (Å²) in [6.07, 6.45) is 1.66. The molecule has 0 unspecified atom stereocenters. The lowest BCUT2D eigenvalue weighted by atomic mass is 10.2. The van der Waals surface area contributed by atoms with Crippen molar-refractivity contribution in [2.45, 2.75) is 6.92 Å². The van der Waals surface area contributed by atoms with Crippen molar-refractivity contribution in [3.63, 3.8) is 0 Å². The Balaban J connectivity index is 1.68. The number of carbonyl (C=O) groups is 2. The lowest BCUT2D eigenvalue weighted by Crippen LogP contribution is -2.37. The maximum atomic E-state index is 12.1. The SMILES string of the molecule is CC(=O)C1=CN(c2ccc(NC(=O)c3ccc(O)cc3)cc2)NN1. The first-order chi connectivity index (χ1) is 11.5. The minimum absolute atomic E-state index is 0.0669. The highest BCUT2D eigenvalue weighted by atomic mass is 16.3. The molecule has 1 aliphatic rings. The third-order valence-electron chi connectivity index (χ3n) is 3.48. The number of hydrazine groups is 2. The molecule has 2 aromatic rings. The highest BCUT2D eigenvalue weighted by Gasteiger charge is 2.15. The van der Waals surface area contributed by atoms with E-state index in [2.05, 4.69) is 16.3 Å². The second-order valence-corrected chi connectivity index (χ2v) is 5.25. The second kappa shape index (κ2) is 6.43. The maximum Gasteiger partial charge on any atom is 0.255 e. The van der Waals surface area contributed by atoms with E-state index in [1.54, 1.807) is 47.6 Å². The molecule has 7 heteroatoms. The van der Waals surface area contributed by atoms with Gasteiger partial charge in [0, 0.05) is 18.2 Å². The molecule has 2 aromatic carbocycles. The molecule has 0 aliphatic carbocycles. The topological polar surface area (TPSA) is 93.7 Å². The summed E-state index contributed by atoms with van der Waals surface area (Å²) in [7, 11) is 0. The van der Waals surface area contributed by atoms with Crippen LogP contribution in [-0.2, 0) is 4.79 Å². The van der Waals surface area contributed by atoms with Gasteiger partial charge in [-0.1, -0.05) is 0 Å². The molecule has 0 saturated heterocycles. The van der Waals surface area contributed by atoms with Crippen LogP contribution in [0.15, 0.2) is 60.4 Å². The number of allylic oxidation sites excluding steroid dienone is 1. The van der Waals surface area contributed by atoms with Crippen LogP contribution in [0.3, 0.4) is 0 Å². The molecule has 122 valence electrons. The number of phenolic OH excluding ortho intramolecular Hbond substituents is 1. The molecular formula is C17H16N4O3. The van der Waals surface area contributed by atoms with Gasteiger partial charge in [0.2, 0.25) is 0 Å². The summed E-state index contributed by atoms with van der Waals surface area (Å²) >= 11 is 0. The Morgan fingerprint density at radius 3 is 2.29 bits per heavy atom. The van der Waals surface area contributed by atoms with E-state index in [0.717, 1.165) is 5.69 Å². The quantitative estimate of drug-likeness (QED) is 0.686. The van der Waals surface area contributed by atoms with Gasteiger partial charge < -0.3 is 10.4 Å². The molecule has 4 N–H and O–H groups in total. The molecule has 0 radical (unpaired) electrons. The van der Waals surface area contributed by atoms with Crippen LogP contribution in [0.1, 0.15) is 17.3 Å². The first-order valence-corrected chi connectivity index (χ1v) is 7.27. The van der Waals surface area contributed by atoms with E-state index in [9.17, 15) is 14.7 Å². The molecule has 1 heterocycles. The molecular weight excluding hydrogens is 308 g/mol. The van der Waals surface area contributed by atoms with Gasteiger partial charge in [-0.05, 0) is 48.5 Å². The number of rotatable bonds is 4. The number of aromatic hydroxyl groups is 1. The van der Waals surface area contributed by atoms with E-state index in [-0.39, 0.29) is 17.4 Å². The second-order valence-electron chi connectivity index (χ2n) is 5.25. The number of anilines is 2. The fourth-order valence-corrected chi connectivity index (χ4v) is 2.15. The number of hydrogen-bond acceptors (Lipinski definition) is 6. The normalized spacial score (nSPS) is 13.2. The fraction of sp³-hybridized carbons (Fsp3) is 0.0588. The highest BCUT2D eigenvalue weighted by Crippen LogP contribution is 2.20. The smallest absolute Gasteiger partial charge is 0.255 e. The van der Waals surface area contributed by atoms with E-state index in [4.69, 9.17) is 0 Å². The molecule has 0 atom stereocenters. The van der Waals surface area contributed by atoms with E-state index in [1.165, 1.54) is 19.1 Å². The standard InChI is InChI=1S/C17H16N4O3/c1-11(22)16-10-21(20-19-16)14-6-4-13(5-7-14)18-17(24)12-2-8-15(23)9-3-12/h2-10,19-20,23H,1H3,(H,18,24). The lowest BCUT2D eigenvalue weighted by Gasteiger charge is -2.15. The Morgan fingerprint density at radius 2 is 1.71 bits per heavy atom. The Morgan fingerprint density at radius 1 is 1.04 bits per heavy atom. The molecule has 7 nitrogen and oxygen atoms in total. The van der Waals surface area contributed by atoms with Gasteiger partial charge in [0.1, 0.15) is 11.4 Å². The summed E-state index contributed by atoms with van der Waals surface area (Å²) in [4.78, 5) is 23.4. The number of carbonyl (C=O) groups excluding carboxylic acids is 2. The van der Waals surface area contributed by atoms with Crippen molar-refractivity contribution in [3.05, 3.63) is 66.0 Å². The zero-order valence-electron chi connectivity index (χ0n) is 12.9.